The Balaban J connectivity index is 1.90. The number of hydrogen-bond donors (Lipinski definition) is 5. The van der Waals surface area contributed by atoms with Gasteiger partial charge in [-0.2, -0.15) is 4.98 Å². The highest BCUT2D eigenvalue weighted by Gasteiger charge is 2.45. The molecule has 132 valence electrons. The van der Waals surface area contributed by atoms with Gasteiger partial charge in [-0.25, -0.2) is 9.55 Å². The summed E-state index contributed by atoms with van der Waals surface area (Å²) in [5, 5.41) is 19.9. The van der Waals surface area contributed by atoms with Crippen molar-refractivity contribution in [3.05, 3.63) is 22.0 Å². The van der Waals surface area contributed by atoms with Crippen molar-refractivity contribution < 1.29 is 33.8 Å². The van der Waals surface area contributed by atoms with Gasteiger partial charge in [0, 0.05) is 0 Å². The Morgan fingerprint density at radius 2 is 2.12 bits per heavy atom. The maximum atomic E-state index is 11.7. The molecule has 14 heteroatoms. The summed E-state index contributed by atoms with van der Waals surface area (Å²) in [5.41, 5.74) is -0.644. The lowest BCUT2D eigenvalue weighted by Crippen LogP contribution is -2.33. The Labute approximate surface area is 137 Å². The zero-order chi connectivity index (χ0) is 17.6. The van der Waals surface area contributed by atoms with Crippen molar-refractivity contribution in [3.8, 4) is 0 Å². The highest BCUT2D eigenvalue weighted by Crippen LogP contribution is 2.38. The van der Waals surface area contributed by atoms with Crippen LogP contribution in [0.5, 0.6) is 0 Å². The molecule has 0 amide bonds. The number of aromatic nitrogens is 4. The van der Waals surface area contributed by atoms with Crippen molar-refractivity contribution in [2.75, 3.05) is 6.61 Å². The molecule has 2 aromatic heterocycles. The molecule has 24 heavy (non-hydrogen) atoms. The summed E-state index contributed by atoms with van der Waals surface area (Å²) in [6.45, 7) is -0.652. The summed E-state index contributed by atoms with van der Waals surface area (Å²) in [6.07, 6.45) is -4.23. The lowest BCUT2D eigenvalue weighted by atomic mass is 10.1. The van der Waals surface area contributed by atoms with Crippen LogP contribution in [-0.2, 0) is 13.8 Å². The molecule has 0 saturated carbocycles. The van der Waals surface area contributed by atoms with Gasteiger partial charge in [0.15, 0.2) is 17.4 Å². The van der Waals surface area contributed by atoms with Crippen LogP contribution in [0.15, 0.2) is 11.1 Å². The number of halogens is 1. The SMILES string of the molecule is O=c1[nH]c(Cl)nc2c1ncn2C1OC(COP(=O)(O)O)C(O)C1O. The van der Waals surface area contributed by atoms with Crippen LogP contribution in [0.25, 0.3) is 11.2 Å². The zero-order valence-corrected chi connectivity index (χ0v) is 13.3. The standard InChI is InChI=1S/C10H12ClN4O8P/c11-10-13-7-4(8(18)14-10)12-2-15(7)9-6(17)5(16)3(23-9)1-22-24(19,20)21/h2-3,5-6,9,16-17H,1H2,(H,13,14,18)(H2,19,20,21). The van der Waals surface area contributed by atoms with Gasteiger partial charge in [-0.15, -0.1) is 0 Å². The first kappa shape index (κ1) is 17.5. The number of nitrogens with zero attached hydrogens (tertiary/aromatic N) is 3. The average Bonchev–Trinajstić information content (AvgIpc) is 3.00. The number of hydrogen-bond acceptors (Lipinski definition) is 8. The summed E-state index contributed by atoms with van der Waals surface area (Å²) >= 11 is 5.69. The smallest absolute Gasteiger partial charge is 0.387 e. The van der Waals surface area contributed by atoms with Crippen molar-refractivity contribution in [1.29, 1.82) is 0 Å². The van der Waals surface area contributed by atoms with E-state index in [4.69, 9.17) is 26.1 Å². The maximum Gasteiger partial charge on any atom is 0.469 e. The van der Waals surface area contributed by atoms with Crippen LogP contribution in [0, 0.1) is 0 Å². The lowest BCUT2D eigenvalue weighted by Gasteiger charge is -2.16. The van der Waals surface area contributed by atoms with Gasteiger partial charge in [-0.05, 0) is 11.6 Å². The third kappa shape index (κ3) is 3.23. The molecule has 0 bridgehead atoms. The molecule has 3 rings (SSSR count). The van der Waals surface area contributed by atoms with E-state index in [9.17, 15) is 19.6 Å². The molecular weight excluding hydrogens is 371 g/mol. The second-order valence-corrected chi connectivity index (χ2v) is 6.61. The van der Waals surface area contributed by atoms with Crippen molar-refractivity contribution in [2.45, 2.75) is 24.5 Å². The topological polar surface area (TPSA) is 180 Å². The maximum absolute atomic E-state index is 11.7. The van der Waals surface area contributed by atoms with E-state index in [2.05, 4.69) is 19.5 Å². The summed E-state index contributed by atoms with van der Waals surface area (Å²) < 4.78 is 21.6. The van der Waals surface area contributed by atoms with Gasteiger partial charge in [0.1, 0.15) is 18.3 Å². The van der Waals surface area contributed by atoms with Crippen molar-refractivity contribution in [2.24, 2.45) is 0 Å². The largest absolute Gasteiger partial charge is 0.469 e. The van der Waals surface area contributed by atoms with Gasteiger partial charge >= 0.3 is 7.82 Å². The van der Waals surface area contributed by atoms with Crippen LogP contribution in [0.1, 0.15) is 6.23 Å². The fraction of sp³-hybridized carbons (Fsp3) is 0.500. The molecule has 0 radical (unpaired) electrons. The fourth-order valence-electron chi connectivity index (χ4n) is 2.35. The Morgan fingerprint density at radius 3 is 2.79 bits per heavy atom. The highest BCUT2D eigenvalue weighted by molar-refractivity contribution is 7.46. The molecule has 3 heterocycles. The molecule has 12 nitrogen and oxygen atoms in total. The number of nitrogens with one attached hydrogen (secondary N) is 1. The van der Waals surface area contributed by atoms with E-state index >= 15 is 0 Å². The summed E-state index contributed by atoms with van der Waals surface area (Å²) in [7, 11) is -4.76. The first-order valence-corrected chi connectivity index (χ1v) is 8.42. The van der Waals surface area contributed by atoms with Gasteiger partial charge in [0.2, 0.25) is 5.28 Å². The van der Waals surface area contributed by atoms with E-state index in [1.165, 1.54) is 4.57 Å². The van der Waals surface area contributed by atoms with E-state index < -0.39 is 44.5 Å². The van der Waals surface area contributed by atoms with Crippen LogP contribution >= 0.6 is 19.4 Å². The Morgan fingerprint density at radius 1 is 1.42 bits per heavy atom. The highest BCUT2D eigenvalue weighted by atomic mass is 35.5. The number of imidazole rings is 1. The number of aliphatic hydroxyl groups is 2. The molecule has 1 aliphatic rings. The molecule has 1 aliphatic heterocycles. The predicted molar refractivity (Wildman–Crippen MR) is 77.1 cm³/mol. The van der Waals surface area contributed by atoms with Crippen LogP contribution in [0.2, 0.25) is 5.28 Å². The van der Waals surface area contributed by atoms with Crippen molar-refractivity contribution in [1.82, 2.24) is 19.5 Å². The van der Waals surface area contributed by atoms with Gasteiger partial charge in [-0.3, -0.25) is 18.9 Å². The molecule has 2 aromatic rings. The van der Waals surface area contributed by atoms with E-state index in [1.54, 1.807) is 0 Å². The fourth-order valence-corrected chi connectivity index (χ4v) is 2.86. The quantitative estimate of drug-likeness (QED) is 0.308. The van der Waals surface area contributed by atoms with E-state index in [0.29, 0.717) is 0 Å². The van der Waals surface area contributed by atoms with Crippen LogP contribution in [0.4, 0.5) is 0 Å². The first-order chi connectivity index (χ1) is 11.2. The number of phosphoric acid groups is 1. The summed E-state index contributed by atoms with van der Waals surface area (Å²) in [5.74, 6) is 0. The van der Waals surface area contributed by atoms with Crippen LogP contribution in [-0.4, -0.2) is 64.4 Å². The first-order valence-electron chi connectivity index (χ1n) is 6.51. The van der Waals surface area contributed by atoms with Crippen molar-refractivity contribution in [3.63, 3.8) is 0 Å². The number of phosphoric ester groups is 1. The number of H-pyrrole nitrogens is 1. The van der Waals surface area contributed by atoms with Gasteiger partial charge in [0.05, 0.1) is 12.9 Å². The monoisotopic (exact) mass is 382 g/mol. The number of aliphatic hydroxyl groups excluding tert-OH is 2. The minimum atomic E-state index is -4.76. The Kier molecular flexibility index (Phi) is 4.49. The number of fused-ring (bicyclic) bond motifs is 1. The zero-order valence-electron chi connectivity index (χ0n) is 11.7. The molecule has 1 saturated heterocycles. The van der Waals surface area contributed by atoms with Gasteiger partial charge in [-0.1, -0.05) is 0 Å². The Hall–Kier alpha value is -1.37. The van der Waals surface area contributed by atoms with E-state index in [1.807, 2.05) is 0 Å². The average molecular weight is 383 g/mol. The lowest BCUT2D eigenvalue weighted by molar-refractivity contribution is -0.0504. The third-order valence-electron chi connectivity index (χ3n) is 3.42. The minimum absolute atomic E-state index is 0.0107. The van der Waals surface area contributed by atoms with Gasteiger partial charge < -0.3 is 24.7 Å². The minimum Gasteiger partial charge on any atom is -0.387 e. The summed E-state index contributed by atoms with van der Waals surface area (Å²) in [6, 6.07) is 0. The Bertz CT molecular complexity index is 864. The number of aromatic amines is 1. The van der Waals surface area contributed by atoms with Crippen LogP contribution in [0.3, 0.4) is 0 Å². The second-order valence-electron chi connectivity index (χ2n) is 5.01. The molecular formula is C10H12ClN4O8P. The second kappa shape index (κ2) is 6.17. The van der Waals surface area contributed by atoms with Crippen molar-refractivity contribution >= 4 is 30.6 Å². The molecule has 0 aliphatic carbocycles. The third-order valence-corrected chi connectivity index (χ3v) is 4.09. The van der Waals surface area contributed by atoms with E-state index in [0.717, 1.165) is 6.33 Å². The molecule has 0 spiro atoms. The predicted octanol–water partition coefficient (Wildman–Crippen LogP) is -1.50. The summed E-state index contributed by atoms with van der Waals surface area (Å²) in [4.78, 5) is 39.1. The molecule has 0 aromatic carbocycles. The molecule has 4 atom stereocenters. The number of ether oxygens (including phenoxy) is 1. The normalized spacial score (nSPS) is 27.9. The van der Waals surface area contributed by atoms with E-state index in [-0.39, 0.29) is 16.4 Å². The van der Waals surface area contributed by atoms with Crippen LogP contribution < -0.4 is 5.56 Å². The number of rotatable bonds is 4. The van der Waals surface area contributed by atoms with Gasteiger partial charge in [0.25, 0.3) is 5.56 Å². The molecule has 5 N–H and O–H groups in total. The molecule has 4 unspecified atom stereocenters. The molecule has 1 fully saturated rings.